The van der Waals surface area contributed by atoms with Gasteiger partial charge in [0.2, 0.25) is 10.0 Å². The van der Waals surface area contributed by atoms with E-state index in [1.165, 1.54) is 0 Å². The maximum atomic E-state index is 12.8. The van der Waals surface area contributed by atoms with E-state index in [1.807, 2.05) is 25.1 Å². The van der Waals surface area contributed by atoms with E-state index in [2.05, 4.69) is 4.72 Å². The fourth-order valence-corrected chi connectivity index (χ4v) is 4.22. The molecule has 0 spiro atoms. The second kappa shape index (κ2) is 7.78. The first-order valence-electron chi connectivity index (χ1n) is 8.56. The highest BCUT2D eigenvalue weighted by Crippen LogP contribution is 2.30. The predicted octanol–water partition coefficient (Wildman–Crippen LogP) is 3.37. The number of anilines is 1. The molecule has 3 rings (SSSR count). The van der Waals surface area contributed by atoms with E-state index in [4.69, 9.17) is 11.6 Å². The van der Waals surface area contributed by atoms with Crippen molar-refractivity contribution in [3.8, 4) is 0 Å². The maximum absolute atomic E-state index is 12.8. The van der Waals surface area contributed by atoms with Crippen LogP contribution in [0.2, 0.25) is 5.02 Å². The van der Waals surface area contributed by atoms with Gasteiger partial charge in [-0.1, -0.05) is 30.7 Å². The lowest BCUT2D eigenvalue weighted by Crippen LogP contribution is -2.29. The molecule has 1 aliphatic heterocycles. The Labute approximate surface area is 159 Å². The number of amides is 1. The van der Waals surface area contributed by atoms with Gasteiger partial charge in [0.1, 0.15) is 0 Å². The van der Waals surface area contributed by atoms with Gasteiger partial charge in [0, 0.05) is 29.4 Å². The van der Waals surface area contributed by atoms with Crippen molar-refractivity contribution < 1.29 is 13.2 Å². The molecule has 7 heteroatoms. The molecule has 0 radical (unpaired) electrons. The lowest BCUT2D eigenvalue weighted by atomic mass is 10.1. The second-order valence-corrected chi connectivity index (χ2v) is 8.68. The van der Waals surface area contributed by atoms with Gasteiger partial charge < -0.3 is 4.90 Å². The summed E-state index contributed by atoms with van der Waals surface area (Å²) in [4.78, 5) is 14.5. The van der Waals surface area contributed by atoms with Crippen molar-refractivity contribution in [3.63, 3.8) is 0 Å². The predicted molar refractivity (Wildman–Crippen MR) is 104 cm³/mol. The normalized spacial score (nSPS) is 13.7. The second-order valence-electron chi connectivity index (χ2n) is 6.32. The summed E-state index contributed by atoms with van der Waals surface area (Å²) in [6.07, 6.45) is 1.36. The van der Waals surface area contributed by atoms with Crippen molar-refractivity contribution in [1.82, 2.24) is 4.72 Å². The summed E-state index contributed by atoms with van der Waals surface area (Å²) in [5.74, 6) is 0.0307. The minimum absolute atomic E-state index is 0.0795. The molecular formula is C19H21ClN2O3S. The molecular weight excluding hydrogens is 372 g/mol. The number of hydrogen-bond donors (Lipinski definition) is 1. The standard InChI is InChI=1S/C19H21ClN2O3S/c1-2-11-26(24,25)21-13-14-3-4-15-9-10-22(18(15)12-14)19(23)16-5-7-17(20)8-6-16/h3-8,12,21H,2,9-11,13H2,1H3. The van der Waals surface area contributed by atoms with Gasteiger partial charge >= 0.3 is 0 Å². The Hall–Kier alpha value is -1.89. The third-order valence-electron chi connectivity index (χ3n) is 4.35. The number of fused-ring (bicyclic) bond motifs is 1. The van der Waals surface area contributed by atoms with E-state index in [0.29, 0.717) is 23.6 Å². The number of sulfonamides is 1. The summed E-state index contributed by atoms with van der Waals surface area (Å²) in [5, 5.41) is 0.588. The van der Waals surface area contributed by atoms with Crippen molar-refractivity contribution in [2.45, 2.75) is 26.3 Å². The van der Waals surface area contributed by atoms with Gasteiger partial charge in [-0.3, -0.25) is 4.79 Å². The summed E-state index contributed by atoms with van der Waals surface area (Å²) in [7, 11) is -3.26. The Balaban J connectivity index is 1.79. The number of benzene rings is 2. The maximum Gasteiger partial charge on any atom is 0.258 e. The molecule has 1 N–H and O–H groups in total. The Kier molecular flexibility index (Phi) is 5.65. The SMILES string of the molecule is CCCS(=O)(=O)NCc1ccc2c(c1)N(C(=O)c1ccc(Cl)cc1)CC2. The van der Waals surface area contributed by atoms with Crippen LogP contribution in [-0.4, -0.2) is 26.6 Å². The molecule has 0 aliphatic carbocycles. The third-order valence-corrected chi connectivity index (χ3v) is 6.13. The number of carbonyl (C=O) groups is 1. The molecule has 1 aliphatic rings. The van der Waals surface area contributed by atoms with Crippen molar-refractivity contribution in [2.24, 2.45) is 0 Å². The van der Waals surface area contributed by atoms with Crippen LogP contribution in [0.25, 0.3) is 0 Å². The molecule has 138 valence electrons. The molecule has 2 aromatic carbocycles. The Morgan fingerprint density at radius 1 is 1.19 bits per heavy atom. The number of hydrogen-bond acceptors (Lipinski definition) is 3. The van der Waals surface area contributed by atoms with Crippen LogP contribution in [0.5, 0.6) is 0 Å². The number of nitrogens with one attached hydrogen (secondary N) is 1. The van der Waals surface area contributed by atoms with Crippen LogP contribution >= 0.6 is 11.6 Å². The first-order valence-corrected chi connectivity index (χ1v) is 10.6. The fourth-order valence-electron chi connectivity index (χ4n) is 3.03. The molecule has 2 aromatic rings. The lowest BCUT2D eigenvalue weighted by Gasteiger charge is -2.18. The van der Waals surface area contributed by atoms with Gasteiger partial charge in [0.05, 0.1) is 5.75 Å². The van der Waals surface area contributed by atoms with E-state index in [-0.39, 0.29) is 18.2 Å². The Morgan fingerprint density at radius 2 is 1.92 bits per heavy atom. The Morgan fingerprint density at radius 3 is 2.62 bits per heavy atom. The molecule has 0 fully saturated rings. The van der Waals surface area contributed by atoms with E-state index in [0.717, 1.165) is 23.2 Å². The van der Waals surface area contributed by atoms with Crippen LogP contribution in [0.15, 0.2) is 42.5 Å². The summed E-state index contributed by atoms with van der Waals surface area (Å²) in [6.45, 7) is 2.66. The minimum Gasteiger partial charge on any atom is -0.308 e. The largest absolute Gasteiger partial charge is 0.308 e. The van der Waals surface area contributed by atoms with Crippen LogP contribution < -0.4 is 9.62 Å². The van der Waals surface area contributed by atoms with Crippen molar-refractivity contribution >= 4 is 33.2 Å². The van der Waals surface area contributed by atoms with E-state index in [9.17, 15) is 13.2 Å². The average Bonchev–Trinajstić information content (AvgIpc) is 3.03. The summed E-state index contributed by atoms with van der Waals surface area (Å²) in [6, 6.07) is 12.6. The average molecular weight is 393 g/mol. The lowest BCUT2D eigenvalue weighted by molar-refractivity contribution is 0.0989. The minimum atomic E-state index is -3.26. The van der Waals surface area contributed by atoms with Crippen molar-refractivity contribution in [3.05, 3.63) is 64.2 Å². The van der Waals surface area contributed by atoms with Crippen LogP contribution in [-0.2, 0) is 23.0 Å². The first-order chi connectivity index (χ1) is 12.4. The highest BCUT2D eigenvalue weighted by Gasteiger charge is 2.26. The van der Waals surface area contributed by atoms with Gasteiger partial charge in [0.15, 0.2) is 0 Å². The summed E-state index contributed by atoms with van der Waals surface area (Å²) >= 11 is 5.89. The molecule has 5 nitrogen and oxygen atoms in total. The van der Waals surface area contributed by atoms with Gasteiger partial charge in [0.25, 0.3) is 5.91 Å². The molecule has 0 bridgehead atoms. The molecule has 0 aromatic heterocycles. The number of halogens is 1. The van der Waals surface area contributed by atoms with Crippen molar-refractivity contribution in [2.75, 3.05) is 17.2 Å². The zero-order valence-electron chi connectivity index (χ0n) is 14.5. The molecule has 1 amide bonds. The number of nitrogens with zero attached hydrogens (tertiary/aromatic N) is 1. The van der Waals surface area contributed by atoms with Crippen molar-refractivity contribution in [1.29, 1.82) is 0 Å². The zero-order chi connectivity index (χ0) is 18.7. The van der Waals surface area contributed by atoms with Gasteiger partial charge in [-0.15, -0.1) is 0 Å². The van der Waals surface area contributed by atoms with Gasteiger partial charge in [-0.05, 0) is 54.3 Å². The first kappa shape index (κ1) is 18.9. The highest BCUT2D eigenvalue weighted by molar-refractivity contribution is 7.89. The molecule has 0 atom stereocenters. The van der Waals surface area contributed by atoms with E-state index in [1.54, 1.807) is 29.2 Å². The van der Waals surface area contributed by atoms with Crippen LogP contribution in [0.3, 0.4) is 0 Å². The molecule has 0 unspecified atom stereocenters. The smallest absolute Gasteiger partial charge is 0.258 e. The molecule has 1 heterocycles. The molecule has 26 heavy (non-hydrogen) atoms. The molecule has 0 saturated heterocycles. The Bertz CT molecular complexity index is 911. The quantitative estimate of drug-likeness (QED) is 0.819. The monoisotopic (exact) mass is 392 g/mol. The number of rotatable bonds is 6. The number of carbonyl (C=O) groups excluding carboxylic acids is 1. The van der Waals surface area contributed by atoms with Crippen LogP contribution in [0.4, 0.5) is 5.69 Å². The van der Waals surface area contributed by atoms with E-state index < -0.39 is 10.0 Å². The van der Waals surface area contributed by atoms with E-state index >= 15 is 0 Å². The third kappa shape index (κ3) is 4.26. The van der Waals surface area contributed by atoms with Crippen LogP contribution in [0, 0.1) is 0 Å². The van der Waals surface area contributed by atoms with Gasteiger partial charge in [-0.2, -0.15) is 0 Å². The topological polar surface area (TPSA) is 66.5 Å². The fraction of sp³-hybridized carbons (Fsp3) is 0.316. The van der Waals surface area contributed by atoms with Crippen LogP contribution in [0.1, 0.15) is 34.8 Å². The zero-order valence-corrected chi connectivity index (χ0v) is 16.1. The molecule has 0 saturated carbocycles. The van der Waals surface area contributed by atoms with Gasteiger partial charge in [-0.25, -0.2) is 13.1 Å². The highest BCUT2D eigenvalue weighted by atomic mass is 35.5. The summed E-state index contributed by atoms with van der Waals surface area (Å²) in [5.41, 5.74) is 3.35. The summed E-state index contributed by atoms with van der Waals surface area (Å²) < 4.78 is 26.3.